The molecular weight excluding hydrogens is 360 g/mol. The summed E-state index contributed by atoms with van der Waals surface area (Å²) in [6.07, 6.45) is 1.75. The number of rotatable bonds is 1. The minimum absolute atomic E-state index is 0.0307. The molecule has 6 heteroatoms. The van der Waals surface area contributed by atoms with Crippen molar-refractivity contribution in [1.29, 1.82) is 0 Å². The fourth-order valence-corrected chi connectivity index (χ4v) is 8.74. The molecule has 28 heavy (non-hydrogen) atoms. The van der Waals surface area contributed by atoms with Crippen LogP contribution < -0.4 is 0 Å². The largest absolute Gasteiger partial charge is 0.462 e. The van der Waals surface area contributed by atoms with E-state index in [1.54, 1.807) is 0 Å². The van der Waals surface area contributed by atoms with Gasteiger partial charge in [-0.1, -0.05) is 20.8 Å². The van der Waals surface area contributed by atoms with Gasteiger partial charge in [-0.25, -0.2) is 0 Å². The van der Waals surface area contributed by atoms with Crippen molar-refractivity contribution in [3.05, 3.63) is 0 Å². The van der Waals surface area contributed by atoms with E-state index >= 15 is 0 Å². The van der Waals surface area contributed by atoms with E-state index in [9.17, 15) is 20.1 Å². The third-order valence-corrected chi connectivity index (χ3v) is 9.84. The molecule has 4 saturated carbocycles. The molecular formula is C22H34O6. The second-order valence-corrected chi connectivity index (χ2v) is 11.0. The van der Waals surface area contributed by atoms with E-state index in [-0.39, 0.29) is 41.2 Å². The highest BCUT2D eigenvalue weighted by Gasteiger charge is 2.84. The molecule has 2 saturated heterocycles. The average molecular weight is 395 g/mol. The van der Waals surface area contributed by atoms with Crippen LogP contribution in [0.15, 0.2) is 0 Å². The van der Waals surface area contributed by atoms with Crippen LogP contribution in [0.1, 0.15) is 59.8 Å². The zero-order valence-electron chi connectivity index (χ0n) is 17.4. The number of hydrogen-bond donors (Lipinski definition) is 3. The van der Waals surface area contributed by atoms with E-state index in [2.05, 4.69) is 13.8 Å². The monoisotopic (exact) mass is 394 g/mol. The van der Waals surface area contributed by atoms with Crippen molar-refractivity contribution in [1.82, 2.24) is 0 Å². The molecule has 0 aromatic heterocycles. The maximum atomic E-state index is 12.0. The first-order chi connectivity index (χ1) is 13.0. The standard InChI is InChI=1S/C22H34O6/c1-11-13-5-6-14-20-10-27-21(26,22(14,17(11)24)18(13)25)9-15(20)19(3,4)8-7-16(20)28-12(2)23/h11,13-18,24-26H,5-10H2,1-4H3. The van der Waals surface area contributed by atoms with Crippen molar-refractivity contribution < 1.29 is 29.6 Å². The Kier molecular flexibility index (Phi) is 3.79. The first kappa shape index (κ1) is 19.3. The van der Waals surface area contributed by atoms with Crippen molar-refractivity contribution in [3.63, 3.8) is 0 Å². The van der Waals surface area contributed by atoms with Crippen molar-refractivity contribution >= 4 is 5.97 Å². The smallest absolute Gasteiger partial charge is 0.302 e. The number of esters is 1. The third-order valence-electron chi connectivity index (χ3n) is 9.84. The predicted molar refractivity (Wildman–Crippen MR) is 99.8 cm³/mol. The zero-order valence-corrected chi connectivity index (χ0v) is 17.4. The highest BCUT2D eigenvalue weighted by atomic mass is 16.6. The fraction of sp³-hybridized carbons (Fsp3) is 0.955. The Morgan fingerprint density at radius 1 is 1.11 bits per heavy atom. The highest BCUT2D eigenvalue weighted by Crippen LogP contribution is 2.77. The number of aliphatic hydroxyl groups is 3. The van der Waals surface area contributed by atoms with Gasteiger partial charge in [0.1, 0.15) is 6.10 Å². The lowest BCUT2D eigenvalue weighted by atomic mass is 9.36. The van der Waals surface area contributed by atoms with E-state index in [1.165, 1.54) is 6.92 Å². The second kappa shape index (κ2) is 5.51. The summed E-state index contributed by atoms with van der Waals surface area (Å²) in [5.41, 5.74) is -1.61. The normalized spacial score (nSPS) is 58.8. The number of carbonyl (C=O) groups excluding carboxylic acids is 1. The molecule has 2 aliphatic heterocycles. The molecule has 2 heterocycles. The summed E-state index contributed by atoms with van der Waals surface area (Å²) in [4.78, 5) is 12.0. The second-order valence-electron chi connectivity index (χ2n) is 11.0. The van der Waals surface area contributed by atoms with Gasteiger partial charge in [-0.3, -0.25) is 4.79 Å². The first-order valence-corrected chi connectivity index (χ1v) is 10.9. The average Bonchev–Trinajstić information content (AvgIpc) is 2.73. The van der Waals surface area contributed by atoms with Crippen LogP contribution in [-0.2, 0) is 14.3 Å². The molecule has 3 N–H and O–H groups in total. The molecule has 4 aliphatic carbocycles. The summed E-state index contributed by atoms with van der Waals surface area (Å²) in [7, 11) is 0. The molecule has 0 aromatic rings. The van der Waals surface area contributed by atoms with Gasteiger partial charge < -0.3 is 24.8 Å². The third kappa shape index (κ3) is 1.88. The molecule has 6 rings (SSSR count). The van der Waals surface area contributed by atoms with Crippen LogP contribution in [0, 0.1) is 39.9 Å². The van der Waals surface area contributed by atoms with Crippen LogP contribution in [0.4, 0.5) is 0 Å². The molecule has 6 aliphatic rings. The van der Waals surface area contributed by atoms with Gasteiger partial charge in [0.2, 0.25) is 0 Å². The summed E-state index contributed by atoms with van der Waals surface area (Å²) in [5, 5.41) is 34.6. The fourth-order valence-electron chi connectivity index (χ4n) is 8.74. The maximum Gasteiger partial charge on any atom is 0.302 e. The molecule has 10 atom stereocenters. The molecule has 0 amide bonds. The molecule has 0 aromatic carbocycles. The van der Waals surface area contributed by atoms with Crippen molar-refractivity contribution in [2.45, 2.75) is 83.9 Å². The van der Waals surface area contributed by atoms with E-state index < -0.39 is 28.8 Å². The zero-order chi connectivity index (χ0) is 20.3. The minimum Gasteiger partial charge on any atom is -0.462 e. The van der Waals surface area contributed by atoms with E-state index in [0.29, 0.717) is 13.0 Å². The summed E-state index contributed by atoms with van der Waals surface area (Å²) < 4.78 is 12.0. The van der Waals surface area contributed by atoms with Crippen LogP contribution in [0.25, 0.3) is 0 Å². The Morgan fingerprint density at radius 3 is 2.50 bits per heavy atom. The van der Waals surface area contributed by atoms with Gasteiger partial charge in [0.05, 0.1) is 24.2 Å². The van der Waals surface area contributed by atoms with Crippen molar-refractivity contribution in [3.8, 4) is 0 Å². The Labute approximate surface area is 166 Å². The van der Waals surface area contributed by atoms with Gasteiger partial charge >= 0.3 is 5.97 Å². The van der Waals surface area contributed by atoms with E-state index in [0.717, 1.165) is 25.7 Å². The quantitative estimate of drug-likeness (QED) is 0.588. The summed E-state index contributed by atoms with van der Waals surface area (Å²) >= 11 is 0. The van der Waals surface area contributed by atoms with Crippen LogP contribution in [0.2, 0.25) is 0 Å². The molecule has 10 unspecified atom stereocenters. The van der Waals surface area contributed by atoms with Crippen LogP contribution in [-0.4, -0.2) is 52.0 Å². The number of carbonyl (C=O) groups is 1. The topological polar surface area (TPSA) is 96.2 Å². The van der Waals surface area contributed by atoms with Gasteiger partial charge in [0.15, 0.2) is 5.79 Å². The molecule has 0 radical (unpaired) electrons. The number of ether oxygens (including phenoxy) is 2. The highest BCUT2D eigenvalue weighted by molar-refractivity contribution is 5.66. The van der Waals surface area contributed by atoms with Crippen LogP contribution >= 0.6 is 0 Å². The molecule has 158 valence electrons. The Balaban J connectivity index is 1.72. The number of aliphatic hydroxyl groups excluding tert-OH is 2. The lowest BCUT2D eigenvalue weighted by Crippen LogP contribution is -2.81. The Bertz CT molecular complexity index is 701. The summed E-state index contributed by atoms with van der Waals surface area (Å²) in [5.74, 6) is -1.98. The lowest BCUT2D eigenvalue weighted by Gasteiger charge is -2.74. The van der Waals surface area contributed by atoms with Gasteiger partial charge in [-0.05, 0) is 54.8 Å². The predicted octanol–water partition coefficient (Wildman–Crippen LogP) is 1.85. The Hall–Kier alpha value is -0.690. The summed E-state index contributed by atoms with van der Waals surface area (Å²) in [6, 6.07) is 0. The number of fused-ring (bicyclic) bond motifs is 2. The minimum atomic E-state index is -1.54. The maximum absolute atomic E-state index is 12.0. The Morgan fingerprint density at radius 2 is 1.82 bits per heavy atom. The van der Waals surface area contributed by atoms with E-state index in [4.69, 9.17) is 9.47 Å². The summed E-state index contributed by atoms with van der Waals surface area (Å²) in [6.45, 7) is 8.21. The van der Waals surface area contributed by atoms with Gasteiger partial charge in [-0.15, -0.1) is 0 Å². The van der Waals surface area contributed by atoms with Crippen LogP contribution in [0.5, 0.6) is 0 Å². The number of hydrogen-bond acceptors (Lipinski definition) is 6. The van der Waals surface area contributed by atoms with Crippen molar-refractivity contribution in [2.75, 3.05) is 6.61 Å². The SMILES string of the molecule is CC(=O)OC1CCC(C)(C)C2CC3(O)OCC12C1CCC2C(C)C(O)C13C2O. The van der Waals surface area contributed by atoms with Gasteiger partial charge in [0, 0.05) is 18.8 Å². The lowest BCUT2D eigenvalue weighted by molar-refractivity contribution is -0.447. The van der Waals surface area contributed by atoms with Crippen molar-refractivity contribution in [2.24, 2.45) is 39.9 Å². The molecule has 2 spiro atoms. The van der Waals surface area contributed by atoms with Gasteiger partial charge in [0.25, 0.3) is 0 Å². The van der Waals surface area contributed by atoms with Crippen LogP contribution in [0.3, 0.4) is 0 Å². The molecule has 6 nitrogen and oxygen atoms in total. The van der Waals surface area contributed by atoms with Gasteiger partial charge in [-0.2, -0.15) is 0 Å². The molecule has 6 fully saturated rings. The first-order valence-electron chi connectivity index (χ1n) is 10.9. The van der Waals surface area contributed by atoms with E-state index in [1.807, 2.05) is 6.92 Å². The molecule has 4 bridgehead atoms.